The predicted molar refractivity (Wildman–Crippen MR) is 45.6 cm³/mol. The van der Waals surface area contributed by atoms with E-state index in [2.05, 4.69) is 0 Å². The largest absolute Gasteiger partial charge is 0.391 e. The summed E-state index contributed by atoms with van der Waals surface area (Å²) in [7, 11) is 0. The highest BCUT2D eigenvalue weighted by atomic mass is 19.4. The first-order valence-corrected chi connectivity index (χ1v) is 4.64. The van der Waals surface area contributed by atoms with E-state index in [4.69, 9.17) is 4.74 Å². The molecule has 0 rings (SSSR count). The van der Waals surface area contributed by atoms with Crippen LogP contribution >= 0.6 is 0 Å². The van der Waals surface area contributed by atoms with Crippen LogP contribution in [0.1, 0.15) is 39.5 Å². The third-order valence-electron chi connectivity index (χ3n) is 1.75. The Hall–Kier alpha value is -0.250. The number of alkyl halides is 3. The summed E-state index contributed by atoms with van der Waals surface area (Å²) in [6.45, 7) is 3.64. The lowest BCUT2D eigenvalue weighted by Crippen LogP contribution is -2.15. The van der Waals surface area contributed by atoms with Crippen molar-refractivity contribution in [2.24, 2.45) is 0 Å². The molecule has 0 aromatic carbocycles. The average molecular weight is 198 g/mol. The fourth-order valence-electron chi connectivity index (χ4n) is 0.951. The maximum Gasteiger partial charge on any atom is 0.391 e. The van der Waals surface area contributed by atoms with E-state index in [-0.39, 0.29) is 12.7 Å². The molecule has 0 N–H and O–H groups in total. The van der Waals surface area contributed by atoms with Gasteiger partial charge in [0.15, 0.2) is 0 Å². The van der Waals surface area contributed by atoms with E-state index < -0.39 is 12.6 Å². The van der Waals surface area contributed by atoms with Crippen molar-refractivity contribution < 1.29 is 17.9 Å². The van der Waals surface area contributed by atoms with Gasteiger partial charge in [-0.3, -0.25) is 0 Å². The van der Waals surface area contributed by atoms with Gasteiger partial charge in [0.2, 0.25) is 0 Å². The summed E-state index contributed by atoms with van der Waals surface area (Å²) < 4.78 is 40.0. The fourth-order valence-corrected chi connectivity index (χ4v) is 0.951. The van der Waals surface area contributed by atoms with Gasteiger partial charge in [0.1, 0.15) is 0 Å². The lowest BCUT2D eigenvalue weighted by atomic mass is 10.2. The van der Waals surface area contributed by atoms with Crippen LogP contribution in [0.3, 0.4) is 0 Å². The predicted octanol–water partition coefficient (Wildman–Crippen LogP) is 3.53. The van der Waals surface area contributed by atoms with Crippen molar-refractivity contribution in [2.45, 2.75) is 51.8 Å². The molecule has 0 saturated heterocycles. The van der Waals surface area contributed by atoms with Crippen LogP contribution in [0.25, 0.3) is 0 Å². The minimum absolute atomic E-state index is 0.0534. The van der Waals surface area contributed by atoms with Gasteiger partial charge in [-0.1, -0.05) is 19.8 Å². The van der Waals surface area contributed by atoms with Crippen LogP contribution < -0.4 is 0 Å². The molecule has 0 aromatic rings. The molecule has 0 saturated carbocycles. The molecule has 1 atom stereocenters. The molecule has 4 heteroatoms. The second kappa shape index (κ2) is 6.24. The zero-order chi connectivity index (χ0) is 10.3. The van der Waals surface area contributed by atoms with E-state index in [0.29, 0.717) is 0 Å². The first kappa shape index (κ1) is 12.8. The van der Waals surface area contributed by atoms with Gasteiger partial charge in [-0.15, -0.1) is 0 Å². The molecule has 0 unspecified atom stereocenters. The van der Waals surface area contributed by atoms with Crippen LogP contribution in [0.4, 0.5) is 13.2 Å². The molecule has 0 bridgehead atoms. The average Bonchev–Trinajstić information content (AvgIpc) is 1.98. The zero-order valence-electron chi connectivity index (χ0n) is 8.16. The quantitative estimate of drug-likeness (QED) is 0.634. The van der Waals surface area contributed by atoms with Gasteiger partial charge in [-0.25, -0.2) is 0 Å². The van der Waals surface area contributed by atoms with Gasteiger partial charge in [0.05, 0.1) is 19.1 Å². The smallest absolute Gasteiger partial charge is 0.378 e. The number of ether oxygens (including phenoxy) is 1. The van der Waals surface area contributed by atoms with Crippen LogP contribution in [0.15, 0.2) is 0 Å². The van der Waals surface area contributed by atoms with Crippen LogP contribution in [0, 0.1) is 0 Å². The molecule has 0 aliphatic heterocycles. The third-order valence-corrected chi connectivity index (χ3v) is 1.75. The molecule has 0 spiro atoms. The van der Waals surface area contributed by atoms with Crippen molar-refractivity contribution >= 4 is 0 Å². The number of hydrogen-bond acceptors (Lipinski definition) is 1. The van der Waals surface area contributed by atoms with Gasteiger partial charge in [-0.05, 0) is 13.3 Å². The highest BCUT2D eigenvalue weighted by molar-refractivity contribution is 4.53. The summed E-state index contributed by atoms with van der Waals surface area (Å²) >= 11 is 0. The molecule has 0 radical (unpaired) electrons. The van der Waals surface area contributed by atoms with E-state index in [0.717, 1.165) is 19.3 Å². The fraction of sp³-hybridized carbons (Fsp3) is 1.00. The lowest BCUT2D eigenvalue weighted by Gasteiger charge is -2.13. The highest BCUT2D eigenvalue weighted by Crippen LogP contribution is 2.19. The number of unbranched alkanes of at least 4 members (excludes halogenated alkanes) is 1. The number of rotatable bonds is 6. The van der Waals surface area contributed by atoms with Gasteiger partial charge < -0.3 is 4.74 Å². The normalized spacial score (nSPS) is 14.5. The molecule has 0 aromatic heterocycles. The van der Waals surface area contributed by atoms with Crippen molar-refractivity contribution in [3.05, 3.63) is 0 Å². The van der Waals surface area contributed by atoms with Gasteiger partial charge in [0, 0.05) is 0 Å². The Bertz CT molecular complexity index is 123. The maximum atomic E-state index is 11.7. The Morgan fingerprint density at radius 3 is 2.38 bits per heavy atom. The molecule has 0 aliphatic carbocycles. The van der Waals surface area contributed by atoms with E-state index in [9.17, 15) is 13.2 Å². The third kappa shape index (κ3) is 9.67. The highest BCUT2D eigenvalue weighted by Gasteiger charge is 2.26. The summed E-state index contributed by atoms with van der Waals surface area (Å²) in [6, 6.07) is 0. The van der Waals surface area contributed by atoms with E-state index in [1.807, 2.05) is 13.8 Å². The van der Waals surface area contributed by atoms with Crippen molar-refractivity contribution in [1.29, 1.82) is 0 Å². The van der Waals surface area contributed by atoms with Crippen molar-refractivity contribution in [1.82, 2.24) is 0 Å². The summed E-state index contributed by atoms with van der Waals surface area (Å²) in [6.07, 6.45) is -2.09. The number of halogens is 3. The first-order valence-electron chi connectivity index (χ1n) is 4.64. The Morgan fingerprint density at radius 2 is 1.92 bits per heavy atom. The Balaban J connectivity index is 3.31. The summed E-state index contributed by atoms with van der Waals surface area (Å²) in [5.74, 6) is 0. The van der Waals surface area contributed by atoms with Crippen LogP contribution in [0.5, 0.6) is 0 Å². The lowest BCUT2D eigenvalue weighted by molar-refractivity contribution is -0.148. The SMILES string of the molecule is CCCC[C@@H](C)OCCC(F)(F)F. The summed E-state index contributed by atoms with van der Waals surface area (Å²) in [5, 5.41) is 0. The molecule has 0 amide bonds. The van der Waals surface area contributed by atoms with Crippen molar-refractivity contribution in [2.75, 3.05) is 6.61 Å². The molecule has 80 valence electrons. The van der Waals surface area contributed by atoms with E-state index in [1.54, 1.807) is 0 Å². The molecule has 0 fully saturated rings. The zero-order valence-corrected chi connectivity index (χ0v) is 8.16. The minimum Gasteiger partial charge on any atom is -0.378 e. The summed E-state index contributed by atoms with van der Waals surface area (Å²) in [4.78, 5) is 0. The Kier molecular flexibility index (Phi) is 6.12. The molecule has 0 heterocycles. The topological polar surface area (TPSA) is 9.23 Å². The van der Waals surface area contributed by atoms with Gasteiger partial charge >= 0.3 is 6.18 Å². The molecule has 0 aliphatic rings. The second-order valence-corrected chi connectivity index (χ2v) is 3.19. The Morgan fingerprint density at radius 1 is 1.31 bits per heavy atom. The van der Waals surface area contributed by atoms with Crippen LogP contribution in [-0.2, 0) is 4.74 Å². The minimum atomic E-state index is -4.09. The second-order valence-electron chi connectivity index (χ2n) is 3.19. The Labute approximate surface area is 77.3 Å². The van der Waals surface area contributed by atoms with E-state index in [1.165, 1.54) is 0 Å². The van der Waals surface area contributed by atoms with Crippen molar-refractivity contribution in [3.63, 3.8) is 0 Å². The summed E-state index contributed by atoms with van der Waals surface area (Å²) in [5.41, 5.74) is 0. The van der Waals surface area contributed by atoms with E-state index >= 15 is 0 Å². The maximum absolute atomic E-state index is 11.7. The van der Waals surface area contributed by atoms with Crippen molar-refractivity contribution in [3.8, 4) is 0 Å². The number of hydrogen-bond donors (Lipinski definition) is 0. The molecule has 1 nitrogen and oxygen atoms in total. The van der Waals surface area contributed by atoms with Gasteiger partial charge in [0.25, 0.3) is 0 Å². The molecular weight excluding hydrogens is 181 g/mol. The first-order chi connectivity index (χ1) is 5.95. The molecule has 13 heavy (non-hydrogen) atoms. The van der Waals surface area contributed by atoms with Crippen LogP contribution in [0.2, 0.25) is 0 Å². The standard InChI is InChI=1S/C9H17F3O/c1-3-4-5-8(2)13-7-6-9(10,11)12/h8H,3-7H2,1-2H3/t8-/m1/s1. The molecular formula is C9H17F3O. The van der Waals surface area contributed by atoms with Gasteiger partial charge in [-0.2, -0.15) is 13.2 Å². The monoisotopic (exact) mass is 198 g/mol. The van der Waals surface area contributed by atoms with Crippen LogP contribution in [-0.4, -0.2) is 18.9 Å².